The SMILES string of the molecule is CC1CCCC1O[Si](C)(C)C. The minimum Gasteiger partial charge on any atom is -0.414 e. The van der Waals surface area contributed by atoms with Gasteiger partial charge >= 0.3 is 0 Å². The summed E-state index contributed by atoms with van der Waals surface area (Å²) in [7, 11) is -1.26. The van der Waals surface area contributed by atoms with Gasteiger partial charge in [0, 0.05) is 6.10 Å². The molecule has 0 amide bonds. The summed E-state index contributed by atoms with van der Waals surface area (Å²) in [6.07, 6.45) is 4.62. The Morgan fingerprint density at radius 2 is 1.82 bits per heavy atom. The maximum absolute atomic E-state index is 6.05. The van der Waals surface area contributed by atoms with E-state index < -0.39 is 8.32 Å². The van der Waals surface area contributed by atoms with Crippen molar-refractivity contribution in [3.63, 3.8) is 0 Å². The molecule has 0 spiro atoms. The van der Waals surface area contributed by atoms with Crippen LogP contribution in [0.25, 0.3) is 0 Å². The molecule has 0 aromatic heterocycles. The van der Waals surface area contributed by atoms with E-state index in [1.807, 2.05) is 0 Å². The van der Waals surface area contributed by atoms with Crippen molar-refractivity contribution in [1.82, 2.24) is 0 Å². The number of rotatable bonds is 2. The third kappa shape index (κ3) is 2.95. The Hall–Kier alpha value is 0.177. The molecule has 0 saturated heterocycles. The van der Waals surface area contributed by atoms with E-state index in [0.717, 1.165) is 5.92 Å². The van der Waals surface area contributed by atoms with Crippen LogP contribution in [-0.4, -0.2) is 14.4 Å². The third-order valence-corrected chi connectivity index (χ3v) is 3.30. The number of hydrogen-bond donors (Lipinski definition) is 0. The van der Waals surface area contributed by atoms with Crippen molar-refractivity contribution in [2.45, 2.75) is 51.9 Å². The molecule has 1 fully saturated rings. The summed E-state index contributed by atoms with van der Waals surface area (Å²) in [6, 6.07) is 0. The fraction of sp³-hybridized carbons (Fsp3) is 1.00. The third-order valence-electron chi connectivity index (χ3n) is 2.29. The van der Waals surface area contributed by atoms with Crippen molar-refractivity contribution in [2.24, 2.45) is 5.92 Å². The first-order chi connectivity index (χ1) is 4.99. The predicted octanol–water partition coefficient (Wildman–Crippen LogP) is 3.03. The minimum absolute atomic E-state index is 0.585. The molecular weight excluding hydrogens is 152 g/mol. The molecule has 2 heteroatoms. The zero-order valence-corrected chi connectivity index (χ0v) is 9.18. The highest BCUT2D eigenvalue weighted by atomic mass is 28.4. The largest absolute Gasteiger partial charge is 0.414 e. The second-order valence-electron chi connectivity index (χ2n) is 4.68. The molecule has 0 aromatic rings. The van der Waals surface area contributed by atoms with E-state index in [9.17, 15) is 0 Å². The van der Waals surface area contributed by atoms with Gasteiger partial charge in [-0.1, -0.05) is 13.3 Å². The van der Waals surface area contributed by atoms with Gasteiger partial charge in [-0.2, -0.15) is 0 Å². The van der Waals surface area contributed by atoms with Crippen LogP contribution in [0, 0.1) is 5.92 Å². The van der Waals surface area contributed by atoms with E-state index in [0.29, 0.717) is 6.10 Å². The minimum atomic E-state index is -1.26. The van der Waals surface area contributed by atoms with Gasteiger partial charge in [-0.25, -0.2) is 0 Å². The van der Waals surface area contributed by atoms with E-state index in [1.54, 1.807) is 0 Å². The summed E-state index contributed by atoms with van der Waals surface area (Å²) < 4.78 is 6.05. The van der Waals surface area contributed by atoms with Crippen LogP contribution < -0.4 is 0 Å². The predicted molar refractivity (Wildman–Crippen MR) is 51.2 cm³/mol. The highest BCUT2D eigenvalue weighted by Gasteiger charge is 2.28. The topological polar surface area (TPSA) is 9.23 Å². The van der Waals surface area contributed by atoms with Crippen molar-refractivity contribution < 1.29 is 4.43 Å². The summed E-state index contributed by atoms with van der Waals surface area (Å²) in [5, 5.41) is 0. The van der Waals surface area contributed by atoms with Crippen LogP contribution in [0.15, 0.2) is 0 Å². The maximum Gasteiger partial charge on any atom is 0.184 e. The highest BCUT2D eigenvalue weighted by molar-refractivity contribution is 6.69. The van der Waals surface area contributed by atoms with Gasteiger partial charge in [0.25, 0.3) is 0 Å². The van der Waals surface area contributed by atoms with Crippen molar-refractivity contribution in [2.75, 3.05) is 0 Å². The molecule has 0 aromatic carbocycles. The maximum atomic E-state index is 6.05. The van der Waals surface area contributed by atoms with Crippen molar-refractivity contribution in [1.29, 1.82) is 0 Å². The van der Waals surface area contributed by atoms with Crippen LogP contribution in [0.5, 0.6) is 0 Å². The first kappa shape index (κ1) is 9.27. The van der Waals surface area contributed by atoms with Gasteiger partial charge in [0.2, 0.25) is 0 Å². The van der Waals surface area contributed by atoms with Crippen LogP contribution in [0.3, 0.4) is 0 Å². The monoisotopic (exact) mass is 172 g/mol. The molecule has 1 aliphatic carbocycles. The Morgan fingerprint density at radius 1 is 1.18 bits per heavy atom. The Labute approximate surface area is 71.3 Å². The molecule has 0 radical (unpaired) electrons. The van der Waals surface area contributed by atoms with E-state index in [-0.39, 0.29) is 0 Å². The summed E-state index contributed by atoms with van der Waals surface area (Å²) in [5.41, 5.74) is 0. The molecular formula is C9H20OSi. The normalized spacial score (nSPS) is 32.7. The lowest BCUT2D eigenvalue weighted by atomic mass is 10.1. The first-order valence-electron chi connectivity index (χ1n) is 4.67. The quantitative estimate of drug-likeness (QED) is 0.582. The van der Waals surface area contributed by atoms with Crippen molar-refractivity contribution in [3.05, 3.63) is 0 Å². The zero-order chi connectivity index (χ0) is 8.48. The molecule has 0 heterocycles. The van der Waals surface area contributed by atoms with E-state index in [4.69, 9.17) is 4.43 Å². The Bertz CT molecular complexity index is 128. The van der Waals surface area contributed by atoms with Gasteiger partial charge < -0.3 is 4.43 Å². The molecule has 1 nitrogen and oxygen atoms in total. The van der Waals surface area contributed by atoms with Gasteiger partial charge in [0.15, 0.2) is 8.32 Å². The average molecular weight is 172 g/mol. The van der Waals surface area contributed by atoms with E-state index in [1.165, 1.54) is 19.3 Å². The molecule has 1 aliphatic rings. The second-order valence-corrected chi connectivity index (χ2v) is 9.14. The molecule has 2 unspecified atom stereocenters. The Kier molecular flexibility index (Phi) is 2.76. The molecule has 11 heavy (non-hydrogen) atoms. The van der Waals surface area contributed by atoms with Crippen LogP contribution in [0.4, 0.5) is 0 Å². The fourth-order valence-corrected chi connectivity index (χ4v) is 3.00. The summed E-state index contributed by atoms with van der Waals surface area (Å²) in [4.78, 5) is 0. The average Bonchev–Trinajstić information content (AvgIpc) is 2.12. The summed E-state index contributed by atoms with van der Waals surface area (Å²) in [5.74, 6) is 0.807. The first-order valence-corrected chi connectivity index (χ1v) is 8.08. The smallest absolute Gasteiger partial charge is 0.184 e. The lowest BCUT2D eigenvalue weighted by molar-refractivity contribution is 0.160. The molecule has 1 rings (SSSR count). The van der Waals surface area contributed by atoms with Gasteiger partial charge in [0.05, 0.1) is 0 Å². The molecule has 0 aliphatic heterocycles. The molecule has 66 valence electrons. The van der Waals surface area contributed by atoms with E-state index >= 15 is 0 Å². The van der Waals surface area contributed by atoms with Gasteiger partial charge in [-0.3, -0.25) is 0 Å². The van der Waals surface area contributed by atoms with Gasteiger partial charge in [-0.15, -0.1) is 0 Å². The van der Waals surface area contributed by atoms with Crippen LogP contribution in [0.2, 0.25) is 19.6 Å². The fourth-order valence-electron chi connectivity index (χ4n) is 1.74. The van der Waals surface area contributed by atoms with Gasteiger partial charge in [0.1, 0.15) is 0 Å². The number of hydrogen-bond acceptors (Lipinski definition) is 1. The van der Waals surface area contributed by atoms with E-state index in [2.05, 4.69) is 26.6 Å². The molecule has 0 bridgehead atoms. The summed E-state index contributed by atoms with van der Waals surface area (Å²) >= 11 is 0. The zero-order valence-electron chi connectivity index (χ0n) is 8.18. The lowest BCUT2D eigenvalue weighted by Crippen LogP contribution is -2.33. The van der Waals surface area contributed by atoms with Crippen molar-refractivity contribution in [3.8, 4) is 0 Å². The standard InChI is InChI=1S/C9H20OSi/c1-8-6-5-7-9(8)10-11(2,3)4/h8-9H,5-7H2,1-4H3. The lowest BCUT2D eigenvalue weighted by Gasteiger charge is -2.25. The second kappa shape index (κ2) is 3.28. The van der Waals surface area contributed by atoms with Crippen LogP contribution in [-0.2, 0) is 4.43 Å². The Balaban J connectivity index is 2.37. The molecule has 0 N–H and O–H groups in total. The summed E-state index contributed by atoms with van der Waals surface area (Å²) in [6.45, 7) is 9.14. The molecule has 2 atom stereocenters. The van der Waals surface area contributed by atoms with Crippen molar-refractivity contribution >= 4 is 8.32 Å². The van der Waals surface area contributed by atoms with Gasteiger partial charge in [-0.05, 0) is 38.4 Å². The van der Waals surface area contributed by atoms with Crippen LogP contribution in [0.1, 0.15) is 26.2 Å². The Morgan fingerprint density at radius 3 is 2.18 bits per heavy atom. The van der Waals surface area contributed by atoms with Crippen LogP contribution >= 0.6 is 0 Å². The molecule has 1 saturated carbocycles. The highest BCUT2D eigenvalue weighted by Crippen LogP contribution is 2.29.